The lowest BCUT2D eigenvalue weighted by atomic mass is 10.0. The first kappa shape index (κ1) is 13.2. The first-order valence-electron chi connectivity index (χ1n) is 7.51. The summed E-state index contributed by atoms with van der Waals surface area (Å²) < 4.78 is 2.04. The zero-order valence-electron chi connectivity index (χ0n) is 12.2. The summed E-state index contributed by atoms with van der Waals surface area (Å²) in [5, 5.41) is 3.71. The Hall–Kier alpha value is -1.84. The number of nitrogens with zero attached hydrogens (tertiary/aromatic N) is 3. The molecule has 2 unspecified atom stereocenters. The fourth-order valence-electron chi connectivity index (χ4n) is 3.22. The molecule has 2 heterocycles. The van der Waals surface area contributed by atoms with Crippen molar-refractivity contribution >= 4 is 5.69 Å². The summed E-state index contributed by atoms with van der Waals surface area (Å²) in [7, 11) is 0. The minimum Gasteiger partial charge on any atom is -0.379 e. The minimum absolute atomic E-state index is 0.576. The highest BCUT2D eigenvalue weighted by atomic mass is 15.1. The highest BCUT2D eigenvalue weighted by Gasteiger charge is 2.26. The standard InChI is InChI=1S/C16H22N4/c1-3-13-6-4-7-14(13)19-15-8-5-9-18-16(15)20-11-10-17-12(20)2/h5,8-11,13-14,19H,3-4,6-7H2,1-2H3. The van der Waals surface area contributed by atoms with Gasteiger partial charge < -0.3 is 5.32 Å². The van der Waals surface area contributed by atoms with E-state index in [2.05, 4.69) is 28.3 Å². The first-order valence-corrected chi connectivity index (χ1v) is 7.51. The number of aromatic nitrogens is 3. The van der Waals surface area contributed by atoms with E-state index in [0.717, 1.165) is 23.2 Å². The van der Waals surface area contributed by atoms with E-state index in [0.29, 0.717) is 6.04 Å². The summed E-state index contributed by atoms with van der Waals surface area (Å²) in [6.07, 6.45) is 10.8. The zero-order chi connectivity index (χ0) is 13.9. The quantitative estimate of drug-likeness (QED) is 0.923. The average Bonchev–Trinajstić information content (AvgIpc) is 3.08. The van der Waals surface area contributed by atoms with Crippen molar-refractivity contribution in [3.05, 3.63) is 36.5 Å². The summed E-state index contributed by atoms with van der Waals surface area (Å²) in [4.78, 5) is 8.83. The van der Waals surface area contributed by atoms with Gasteiger partial charge in [-0.15, -0.1) is 0 Å². The van der Waals surface area contributed by atoms with Crippen molar-refractivity contribution < 1.29 is 0 Å². The Labute approximate surface area is 120 Å². The Bertz CT molecular complexity index is 575. The predicted molar refractivity (Wildman–Crippen MR) is 81.1 cm³/mol. The monoisotopic (exact) mass is 270 g/mol. The van der Waals surface area contributed by atoms with Crippen molar-refractivity contribution in [2.24, 2.45) is 5.92 Å². The summed E-state index contributed by atoms with van der Waals surface area (Å²) in [5.74, 6) is 2.70. The molecule has 4 heteroatoms. The molecule has 0 saturated heterocycles. The van der Waals surface area contributed by atoms with Crippen LogP contribution in [0.1, 0.15) is 38.4 Å². The van der Waals surface area contributed by atoms with E-state index in [9.17, 15) is 0 Å². The molecule has 2 atom stereocenters. The lowest BCUT2D eigenvalue weighted by molar-refractivity contribution is 0.489. The van der Waals surface area contributed by atoms with Crippen molar-refractivity contribution in [3.63, 3.8) is 0 Å². The zero-order valence-corrected chi connectivity index (χ0v) is 12.2. The van der Waals surface area contributed by atoms with Crippen LogP contribution >= 0.6 is 0 Å². The molecule has 106 valence electrons. The third kappa shape index (κ3) is 2.42. The topological polar surface area (TPSA) is 42.7 Å². The molecule has 4 nitrogen and oxygen atoms in total. The predicted octanol–water partition coefficient (Wildman–Crippen LogP) is 3.57. The third-order valence-corrected chi connectivity index (χ3v) is 4.36. The Morgan fingerprint density at radius 3 is 2.95 bits per heavy atom. The van der Waals surface area contributed by atoms with Gasteiger partial charge in [-0.1, -0.05) is 19.8 Å². The molecule has 0 bridgehead atoms. The van der Waals surface area contributed by atoms with E-state index >= 15 is 0 Å². The molecule has 0 aromatic carbocycles. The van der Waals surface area contributed by atoms with Gasteiger partial charge in [0.2, 0.25) is 0 Å². The van der Waals surface area contributed by atoms with E-state index in [1.165, 1.54) is 25.7 Å². The molecule has 1 aliphatic carbocycles. The molecule has 1 aliphatic rings. The molecule has 0 aliphatic heterocycles. The summed E-state index contributed by atoms with van der Waals surface area (Å²) in [5.41, 5.74) is 1.11. The molecule has 1 N–H and O–H groups in total. The fraction of sp³-hybridized carbons (Fsp3) is 0.500. The number of hydrogen-bond acceptors (Lipinski definition) is 3. The van der Waals surface area contributed by atoms with Crippen LogP contribution in [0.5, 0.6) is 0 Å². The van der Waals surface area contributed by atoms with Gasteiger partial charge in [0.15, 0.2) is 5.82 Å². The largest absolute Gasteiger partial charge is 0.379 e. The van der Waals surface area contributed by atoms with Crippen molar-refractivity contribution in [1.82, 2.24) is 14.5 Å². The molecule has 0 radical (unpaired) electrons. The molecule has 1 saturated carbocycles. The van der Waals surface area contributed by atoms with Gasteiger partial charge in [-0.3, -0.25) is 4.57 Å². The van der Waals surface area contributed by atoms with Crippen LogP contribution in [-0.2, 0) is 0 Å². The third-order valence-electron chi connectivity index (χ3n) is 4.36. The number of imidazole rings is 1. The highest BCUT2D eigenvalue weighted by molar-refractivity contribution is 5.57. The molecule has 2 aromatic heterocycles. The van der Waals surface area contributed by atoms with Gasteiger partial charge in [0.25, 0.3) is 0 Å². The second-order valence-electron chi connectivity index (χ2n) is 5.57. The van der Waals surface area contributed by atoms with Crippen LogP contribution in [0.3, 0.4) is 0 Å². The van der Waals surface area contributed by atoms with Crippen molar-refractivity contribution in [2.45, 2.75) is 45.6 Å². The number of nitrogens with one attached hydrogen (secondary N) is 1. The van der Waals surface area contributed by atoms with Gasteiger partial charge in [-0.2, -0.15) is 0 Å². The molecule has 2 aromatic rings. The Morgan fingerprint density at radius 1 is 1.30 bits per heavy atom. The number of anilines is 1. The number of rotatable bonds is 4. The van der Waals surface area contributed by atoms with Gasteiger partial charge in [0, 0.05) is 24.6 Å². The van der Waals surface area contributed by atoms with E-state index in [-0.39, 0.29) is 0 Å². The van der Waals surface area contributed by atoms with Gasteiger partial charge in [-0.05, 0) is 37.8 Å². The smallest absolute Gasteiger partial charge is 0.161 e. The molecular formula is C16H22N4. The maximum Gasteiger partial charge on any atom is 0.161 e. The van der Waals surface area contributed by atoms with Crippen molar-refractivity contribution in [3.8, 4) is 5.82 Å². The first-order chi connectivity index (χ1) is 9.79. The second kappa shape index (κ2) is 5.65. The molecule has 20 heavy (non-hydrogen) atoms. The second-order valence-corrected chi connectivity index (χ2v) is 5.57. The van der Waals surface area contributed by atoms with Crippen molar-refractivity contribution in [1.29, 1.82) is 0 Å². The summed E-state index contributed by atoms with van der Waals surface area (Å²) in [6, 6.07) is 4.69. The van der Waals surface area contributed by atoms with E-state index in [4.69, 9.17) is 0 Å². The van der Waals surface area contributed by atoms with Crippen LogP contribution in [-0.4, -0.2) is 20.6 Å². The maximum absolute atomic E-state index is 4.54. The minimum atomic E-state index is 0.576. The number of pyridine rings is 1. The van der Waals surface area contributed by atoms with Crippen LogP contribution in [0.25, 0.3) is 5.82 Å². The highest BCUT2D eigenvalue weighted by Crippen LogP contribution is 2.32. The van der Waals surface area contributed by atoms with E-state index in [1.807, 2.05) is 36.1 Å². The van der Waals surface area contributed by atoms with E-state index < -0.39 is 0 Å². The lowest BCUT2D eigenvalue weighted by Crippen LogP contribution is -2.24. The van der Waals surface area contributed by atoms with Gasteiger partial charge >= 0.3 is 0 Å². The van der Waals surface area contributed by atoms with Gasteiger partial charge in [0.1, 0.15) is 5.82 Å². The molecule has 0 amide bonds. The normalized spacial score (nSPS) is 22.1. The fourth-order valence-corrected chi connectivity index (χ4v) is 3.22. The SMILES string of the molecule is CCC1CCCC1Nc1cccnc1-n1ccnc1C. The van der Waals surface area contributed by atoms with Crippen LogP contribution < -0.4 is 5.32 Å². The van der Waals surface area contributed by atoms with E-state index in [1.54, 1.807) is 0 Å². The Kier molecular flexibility index (Phi) is 3.72. The van der Waals surface area contributed by atoms with Gasteiger partial charge in [-0.25, -0.2) is 9.97 Å². The van der Waals surface area contributed by atoms with Crippen LogP contribution in [0.4, 0.5) is 5.69 Å². The molecule has 1 fully saturated rings. The molecule has 3 rings (SSSR count). The van der Waals surface area contributed by atoms with Crippen LogP contribution in [0.2, 0.25) is 0 Å². The maximum atomic E-state index is 4.54. The van der Waals surface area contributed by atoms with Crippen molar-refractivity contribution in [2.75, 3.05) is 5.32 Å². The average molecular weight is 270 g/mol. The van der Waals surface area contributed by atoms with Crippen LogP contribution in [0, 0.1) is 12.8 Å². The Morgan fingerprint density at radius 2 is 2.20 bits per heavy atom. The molecule has 0 spiro atoms. The number of hydrogen-bond donors (Lipinski definition) is 1. The Balaban J connectivity index is 1.89. The van der Waals surface area contributed by atoms with Gasteiger partial charge in [0.05, 0.1) is 5.69 Å². The van der Waals surface area contributed by atoms with Crippen LogP contribution in [0.15, 0.2) is 30.7 Å². The molecular weight excluding hydrogens is 248 g/mol. The lowest BCUT2D eigenvalue weighted by Gasteiger charge is -2.22. The number of aryl methyl sites for hydroxylation is 1. The summed E-state index contributed by atoms with van der Waals surface area (Å²) >= 11 is 0. The summed E-state index contributed by atoms with van der Waals surface area (Å²) in [6.45, 7) is 4.29.